The molecule has 1 aliphatic rings. The molecule has 0 fully saturated rings. The molecule has 0 atom stereocenters. The molecule has 1 aromatic heterocycles. The molecule has 0 saturated carbocycles. The van der Waals surface area contributed by atoms with Gasteiger partial charge in [-0.1, -0.05) is 206 Å². The van der Waals surface area contributed by atoms with E-state index in [4.69, 9.17) is 4.42 Å². The highest BCUT2D eigenvalue weighted by Gasteiger charge is 2.46. The Balaban J connectivity index is 1.02. The summed E-state index contributed by atoms with van der Waals surface area (Å²) in [5, 5.41) is 4.73. The van der Waals surface area contributed by atoms with Crippen molar-refractivity contribution in [3.63, 3.8) is 0 Å². The van der Waals surface area contributed by atoms with Crippen LogP contribution in [0.2, 0.25) is 0 Å². The van der Waals surface area contributed by atoms with Crippen molar-refractivity contribution in [3.05, 3.63) is 283 Å². The molecule has 0 bridgehead atoms. The molecule has 0 amide bonds. The zero-order valence-corrected chi connectivity index (χ0v) is 36.7. The van der Waals surface area contributed by atoms with Crippen molar-refractivity contribution in [3.8, 4) is 44.5 Å². The van der Waals surface area contributed by atoms with E-state index in [0.717, 1.165) is 61.3 Å². The Morgan fingerprint density at radius 1 is 0.299 bits per heavy atom. The highest BCUT2D eigenvalue weighted by molar-refractivity contribution is 6.06. The highest BCUT2D eigenvalue weighted by atomic mass is 16.3. The first-order chi connectivity index (χ1) is 33.2. The predicted molar refractivity (Wildman–Crippen MR) is 280 cm³/mol. The van der Waals surface area contributed by atoms with Gasteiger partial charge in [0.25, 0.3) is 0 Å². The fourth-order valence-corrected chi connectivity index (χ4v) is 11.0. The summed E-state index contributed by atoms with van der Waals surface area (Å²) in [6.07, 6.45) is 0. The van der Waals surface area contributed by atoms with E-state index >= 15 is 0 Å². The zero-order chi connectivity index (χ0) is 44.3. The molecule has 12 aromatic rings. The standard InChI is InChI=1S/C65H43NO/c1-3-21-49(22-4-1)65(50-23-5-2-6-24-50)60-30-12-9-27-56(60)57-39-38-52(43-61(57)65)66(51-36-33-44(34-37-51)46-35-40-64-59(42-46)58-28-11-14-32-63(58)67-64)62-31-13-10-26-55(62)48-20-15-19-47(41-48)54-29-16-18-45-17-7-8-25-53(45)54/h1-43H. The Bertz CT molecular complexity index is 3760. The van der Waals surface area contributed by atoms with Gasteiger partial charge in [0.2, 0.25) is 0 Å². The van der Waals surface area contributed by atoms with Crippen LogP contribution in [0.15, 0.2) is 265 Å². The van der Waals surface area contributed by atoms with E-state index < -0.39 is 5.41 Å². The van der Waals surface area contributed by atoms with Crippen LogP contribution in [0.1, 0.15) is 22.3 Å². The first kappa shape index (κ1) is 38.7. The van der Waals surface area contributed by atoms with Crippen molar-refractivity contribution in [2.45, 2.75) is 5.41 Å². The van der Waals surface area contributed by atoms with Gasteiger partial charge in [-0.2, -0.15) is 0 Å². The quantitative estimate of drug-likeness (QED) is 0.151. The summed E-state index contributed by atoms with van der Waals surface area (Å²) in [4.78, 5) is 2.46. The van der Waals surface area contributed by atoms with Crippen LogP contribution in [-0.2, 0) is 5.41 Å². The highest BCUT2D eigenvalue weighted by Crippen LogP contribution is 2.57. The van der Waals surface area contributed by atoms with E-state index in [2.05, 4.69) is 254 Å². The summed E-state index contributed by atoms with van der Waals surface area (Å²) < 4.78 is 6.21. The van der Waals surface area contributed by atoms with Crippen LogP contribution in [0.25, 0.3) is 77.2 Å². The van der Waals surface area contributed by atoms with Crippen LogP contribution >= 0.6 is 0 Å². The molecule has 2 heteroatoms. The molecular formula is C65H43NO. The minimum Gasteiger partial charge on any atom is -0.456 e. The maximum Gasteiger partial charge on any atom is 0.135 e. The normalized spacial score (nSPS) is 12.6. The Morgan fingerprint density at radius 2 is 0.866 bits per heavy atom. The van der Waals surface area contributed by atoms with E-state index in [1.54, 1.807) is 0 Å². The van der Waals surface area contributed by atoms with Gasteiger partial charge in [-0.15, -0.1) is 0 Å². The number of nitrogens with zero attached hydrogens (tertiary/aromatic N) is 1. The van der Waals surface area contributed by atoms with Gasteiger partial charge < -0.3 is 9.32 Å². The van der Waals surface area contributed by atoms with Gasteiger partial charge in [-0.05, 0) is 127 Å². The lowest BCUT2D eigenvalue weighted by atomic mass is 9.67. The average molecular weight is 854 g/mol. The van der Waals surface area contributed by atoms with Gasteiger partial charge in [-0.3, -0.25) is 0 Å². The molecule has 1 aliphatic carbocycles. The van der Waals surface area contributed by atoms with Crippen LogP contribution < -0.4 is 4.90 Å². The van der Waals surface area contributed by atoms with Crippen LogP contribution in [0, 0.1) is 0 Å². The number of anilines is 3. The summed E-state index contributed by atoms with van der Waals surface area (Å²) in [5.74, 6) is 0. The monoisotopic (exact) mass is 853 g/mol. The number of fused-ring (bicyclic) bond motifs is 7. The second-order valence-corrected chi connectivity index (χ2v) is 17.6. The number of para-hydroxylation sites is 2. The van der Waals surface area contributed by atoms with Crippen molar-refractivity contribution in [1.29, 1.82) is 0 Å². The lowest BCUT2D eigenvalue weighted by molar-refractivity contribution is 0.669. The summed E-state index contributed by atoms with van der Waals surface area (Å²) in [6.45, 7) is 0. The maximum atomic E-state index is 6.21. The van der Waals surface area contributed by atoms with Crippen molar-refractivity contribution < 1.29 is 4.42 Å². The fraction of sp³-hybridized carbons (Fsp3) is 0.0154. The average Bonchev–Trinajstić information content (AvgIpc) is 3.93. The molecule has 1 heterocycles. The summed E-state index contributed by atoms with van der Waals surface area (Å²) >= 11 is 0. The molecule has 13 rings (SSSR count). The predicted octanol–water partition coefficient (Wildman–Crippen LogP) is 17.6. The van der Waals surface area contributed by atoms with Gasteiger partial charge in [0.1, 0.15) is 11.2 Å². The number of hydrogen-bond acceptors (Lipinski definition) is 2. The van der Waals surface area contributed by atoms with Crippen molar-refractivity contribution in [2.75, 3.05) is 4.90 Å². The fourth-order valence-electron chi connectivity index (χ4n) is 11.0. The topological polar surface area (TPSA) is 16.4 Å². The van der Waals surface area contributed by atoms with Crippen molar-refractivity contribution >= 4 is 49.8 Å². The Labute approximate surface area is 390 Å². The smallest absolute Gasteiger partial charge is 0.135 e. The van der Waals surface area contributed by atoms with Crippen molar-refractivity contribution in [1.82, 2.24) is 0 Å². The molecule has 0 unspecified atom stereocenters. The van der Waals surface area contributed by atoms with E-state index in [1.807, 2.05) is 12.1 Å². The third kappa shape index (κ3) is 6.26. The molecule has 0 aliphatic heterocycles. The van der Waals surface area contributed by atoms with Crippen LogP contribution in [0.3, 0.4) is 0 Å². The van der Waals surface area contributed by atoms with Gasteiger partial charge in [0.05, 0.1) is 11.1 Å². The SMILES string of the molecule is c1ccc(C2(c3ccccc3)c3ccccc3-c3ccc(N(c4ccc(-c5ccc6oc7ccccc7c6c5)cc4)c4ccccc4-c4cccc(-c5cccc6ccccc56)c4)cc32)cc1. The summed E-state index contributed by atoms with van der Waals surface area (Å²) in [5.41, 5.74) is 19.1. The first-order valence-electron chi connectivity index (χ1n) is 23.1. The lowest BCUT2D eigenvalue weighted by Gasteiger charge is -2.35. The second kappa shape index (κ2) is 15.8. The number of rotatable bonds is 8. The van der Waals surface area contributed by atoms with Crippen molar-refractivity contribution in [2.24, 2.45) is 0 Å². The molecule has 2 nitrogen and oxygen atoms in total. The van der Waals surface area contributed by atoms with Gasteiger partial charge in [0, 0.05) is 27.7 Å². The van der Waals surface area contributed by atoms with Crippen LogP contribution in [-0.4, -0.2) is 0 Å². The van der Waals surface area contributed by atoms with Crippen LogP contribution in [0.5, 0.6) is 0 Å². The third-order valence-corrected chi connectivity index (χ3v) is 14.0. The zero-order valence-electron chi connectivity index (χ0n) is 36.7. The van der Waals surface area contributed by atoms with Gasteiger partial charge >= 0.3 is 0 Å². The molecule has 0 saturated heterocycles. The van der Waals surface area contributed by atoms with Crippen LogP contribution in [0.4, 0.5) is 17.1 Å². The molecule has 0 spiro atoms. The third-order valence-electron chi connectivity index (χ3n) is 14.0. The molecular weight excluding hydrogens is 811 g/mol. The molecule has 314 valence electrons. The summed E-state index contributed by atoms with van der Waals surface area (Å²) in [7, 11) is 0. The second-order valence-electron chi connectivity index (χ2n) is 17.6. The van der Waals surface area contributed by atoms with E-state index in [-0.39, 0.29) is 0 Å². The Morgan fingerprint density at radius 3 is 1.67 bits per heavy atom. The minimum atomic E-state index is -0.539. The lowest BCUT2D eigenvalue weighted by Crippen LogP contribution is -2.28. The largest absolute Gasteiger partial charge is 0.456 e. The maximum absolute atomic E-state index is 6.21. The molecule has 0 radical (unpaired) electrons. The summed E-state index contributed by atoms with van der Waals surface area (Å²) in [6, 6.07) is 95.3. The van der Waals surface area contributed by atoms with E-state index in [9.17, 15) is 0 Å². The number of benzene rings is 11. The number of hydrogen-bond donors (Lipinski definition) is 0. The molecule has 67 heavy (non-hydrogen) atoms. The number of furan rings is 1. The van der Waals surface area contributed by atoms with E-state index in [0.29, 0.717) is 0 Å². The molecule has 11 aromatic carbocycles. The minimum absolute atomic E-state index is 0.539. The first-order valence-corrected chi connectivity index (χ1v) is 23.1. The molecule has 0 N–H and O–H groups in total. The van der Waals surface area contributed by atoms with Gasteiger partial charge in [0.15, 0.2) is 0 Å². The van der Waals surface area contributed by atoms with Gasteiger partial charge in [-0.25, -0.2) is 0 Å². The van der Waals surface area contributed by atoms with E-state index in [1.165, 1.54) is 55.3 Å². The Hall–Kier alpha value is -8.72. The Kier molecular flexibility index (Phi) is 9.11.